The van der Waals surface area contributed by atoms with Crippen LogP contribution < -0.4 is 10.2 Å². The van der Waals surface area contributed by atoms with E-state index < -0.39 is 0 Å². The molecule has 1 heterocycles. The van der Waals surface area contributed by atoms with E-state index >= 15 is 0 Å². The van der Waals surface area contributed by atoms with E-state index in [1.807, 2.05) is 35.2 Å². The molecular weight excluding hydrogens is 300 g/mol. The van der Waals surface area contributed by atoms with Crippen LogP contribution in [0.1, 0.15) is 36.0 Å². The SMILES string of the molecule is C=CC(=O)Nc1ccc2c3c(cccc13)C(=O)N2CC1CCCC1. The molecule has 0 bridgehead atoms. The first-order valence-electron chi connectivity index (χ1n) is 8.50. The fourth-order valence-electron chi connectivity index (χ4n) is 3.97. The molecule has 1 fully saturated rings. The van der Waals surface area contributed by atoms with E-state index in [4.69, 9.17) is 0 Å². The number of carbonyl (C=O) groups is 2. The molecule has 24 heavy (non-hydrogen) atoms. The molecule has 4 heteroatoms. The monoisotopic (exact) mass is 320 g/mol. The smallest absolute Gasteiger partial charge is 0.259 e. The van der Waals surface area contributed by atoms with E-state index in [-0.39, 0.29) is 11.8 Å². The number of nitrogens with one attached hydrogen (secondary N) is 1. The van der Waals surface area contributed by atoms with Crippen molar-refractivity contribution in [3.63, 3.8) is 0 Å². The zero-order valence-electron chi connectivity index (χ0n) is 13.5. The lowest BCUT2D eigenvalue weighted by Gasteiger charge is -2.22. The molecule has 0 aromatic heterocycles. The van der Waals surface area contributed by atoms with Crippen LogP contribution in [0.4, 0.5) is 11.4 Å². The lowest BCUT2D eigenvalue weighted by molar-refractivity contribution is -0.111. The van der Waals surface area contributed by atoms with Crippen molar-refractivity contribution in [3.05, 3.63) is 48.6 Å². The topological polar surface area (TPSA) is 49.4 Å². The van der Waals surface area contributed by atoms with Gasteiger partial charge in [0.25, 0.3) is 5.91 Å². The predicted octanol–water partition coefficient (Wildman–Crippen LogP) is 4.11. The minimum absolute atomic E-state index is 0.0784. The van der Waals surface area contributed by atoms with Gasteiger partial charge >= 0.3 is 0 Å². The molecule has 4 rings (SSSR count). The van der Waals surface area contributed by atoms with Gasteiger partial charge in [0.1, 0.15) is 0 Å². The van der Waals surface area contributed by atoms with Crippen LogP contribution in [0, 0.1) is 5.92 Å². The molecule has 1 saturated carbocycles. The lowest BCUT2D eigenvalue weighted by atomic mass is 10.0. The predicted molar refractivity (Wildman–Crippen MR) is 96.4 cm³/mol. The summed E-state index contributed by atoms with van der Waals surface area (Å²) in [6.07, 6.45) is 6.19. The number of hydrogen-bond donors (Lipinski definition) is 1. The maximum Gasteiger partial charge on any atom is 0.259 e. The maximum absolute atomic E-state index is 12.9. The Morgan fingerprint density at radius 2 is 2.04 bits per heavy atom. The average Bonchev–Trinajstić information content (AvgIpc) is 3.20. The van der Waals surface area contributed by atoms with E-state index in [0.717, 1.165) is 34.3 Å². The highest BCUT2D eigenvalue weighted by molar-refractivity contribution is 6.27. The average molecular weight is 320 g/mol. The van der Waals surface area contributed by atoms with Crippen LogP contribution in [0.25, 0.3) is 10.8 Å². The first kappa shape index (κ1) is 14.9. The number of hydrogen-bond acceptors (Lipinski definition) is 2. The maximum atomic E-state index is 12.9. The van der Waals surface area contributed by atoms with E-state index in [0.29, 0.717) is 5.92 Å². The molecule has 4 nitrogen and oxygen atoms in total. The second kappa shape index (κ2) is 5.78. The third kappa shape index (κ3) is 2.30. The second-order valence-corrected chi connectivity index (χ2v) is 6.62. The quantitative estimate of drug-likeness (QED) is 0.862. The van der Waals surface area contributed by atoms with Crippen molar-refractivity contribution in [1.29, 1.82) is 0 Å². The van der Waals surface area contributed by atoms with Crippen molar-refractivity contribution in [2.45, 2.75) is 25.7 Å². The number of nitrogens with zero attached hydrogens (tertiary/aromatic N) is 1. The highest BCUT2D eigenvalue weighted by atomic mass is 16.2. The van der Waals surface area contributed by atoms with Gasteiger partial charge < -0.3 is 10.2 Å². The Kier molecular flexibility index (Phi) is 3.60. The van der Waals surface area contributed by atoms with E-state index in [9.17, 15) is 9.59 Å². The number of carbonyl (C=O) groups excluding carboxylic acids is 2. The van der Waals surface area contributed by atoms with Gasteiger partial charge in [-0.25, -0.2) is 0 Å². The Balaban J connectivity index is 1.78. The molecule has 0 unspecified atom stereocenters. The fourth-order valence-corrected chi connectivity index (χ4v) is 3.97. The Morgan fingerprint density at radius 1 is 1.25 bits per heavy atom. The molecule has 0 atom stereocenters. The van der Waals surface area contributed by atoms with Gasteiger partial charge in [0.05, 0.1) is 5.69 Å². The van der Waals surface area contributed by atoms with Gasteiger partial charge in [-0.05, 0) is 43.0 Å². The van der Waals surface area contributed by atoms with Crippen molar-refractivity contribution >= 4 is 34.0 Å². The van der Waals surface area contributed by atoms with Gasteiger partial charge in [-0.3, -0.25) is 9.59 Å². The standard InChI is InChI=1S/C20H20N2O2/c1-2-18(23)21-16-10-11-17-19-14(16)8-5-9-15(19)20(24)22(17)12-13-6-3-4-7-13/h2,5,8-11,13H,1,3-4,6-7,12H2,(H,21,23). The third-order valence-electron chi connectivity index (χ3n) is 5.14. The molecule has 1 aliphatic heterocycles. The Morgan fingerprint density at radius 3 is 2.79 bits per heavy atom. The summed E-state index contributed by atoms with van der Waals surface area (Å²) in [6, 6.07) is 9.53. The summed E-state index contributed by atoms with van der Waals surface area (Å²) in [5.41, 5.74) is 2.42. The van der Waals surface area contributed by atoms with Crippen molar-refractivity contribution in [2.75, 3.05) is 16.8 Å². The van der Waals surface area contributed by atoms with E-state index in [1.54, 1.807) is 0 Å². The summed E-state index contributed by atoms with van der Waals surface area (Å²) in [4.78, 5) is 26.5. The van der Waals surface area contributed by atoms with Crippen LogP contribution >= 0.6 is 0 Å². The second-order valence-electron chi connectivity index (χ2n) is 6.62. The lowest BCUT2D eigenvalue weighted by Crippen LogP contribution is -2.31. The van der Waals surface area contributed by atoms with Crippen molar-refractivity contribution in [3.8, 4) is 0 Å². The molecule has 2 aromatic rings. The normalized spacial score (nSPS) is 16.8. The van der Waals surface area contributed by atoms with Crippen LogP contribution in [-0.2, 0) is 4.79 Å². The first-order chi connectivity index (χ1) is 11.7. The van der Waals surface area contributed by atoms with Crippen LogP contribution in [0.5, 0.6) is 0 Å². The summed E-state index contributed by atoms with van der Waals surface area (Å²) in [7, 11) is 0. The van der Waals surface area contributed by atoms with Gasteiger partial charge in [0.2, 0.25) is 5.91 Å². The number of anilines is 2. The molecule has 2 amide bonds. The Hall–Kier alpha value is -2.62. The van der Waals surface area contributed by atoms with Crippen LogP contribution in [0.2, 0.25) is 0 Å². The fraction of sp³-hybridized carbons (Fsp3) is 0.300. The highest BCUT2D eigenvalue weighted by Gasteiger charge is 2.32. The van der Waals surface area contributed by atoms with Gasteiger partial charge in [-0.1, -0.05) is 31.6 Å². The largest absolute Gasteiger partial charge is 0.322 e. The molecular formula is C20H20N2O2. The molecule has 0 saturated heterocycles. The summed E-state index contributed by atoms with van der Waals surface area (Å²) < 4.78 is 0. The van der Waals surface area contributed by atoms with E-state index in [1.165, 1.54) is 31.8 Å². The molecule has 2 aromatic carbocycles. The Labute approximate surface area is 141 Å². The summed E-state index contributed by atoms with van der Waals surface area (Å²) >= 11 is 0. The molecule has 1 aliphatic carbocycles. The summed E-state index contributed by atoms with van der Waals surface area (Å²) in [6.45, 7) is 4.28. The van der Waals surface area contributed by atoms with Crippen molar-refractivity contribution < 1.29 is 9.59 Å². The molecule has 0 radical (unpaired) electrons. The third-order valence-corrected chi connectivity index (χ3v) is 5.14. The zero-order chi connectivity index (χ0) is 16.7. The van der Waals surface area contributed by atoms with Gasteiger partial charge in [-0.15, -0.1) is 0 Å². The first-order valence-corrected chi connectivity index (χ1v) is 8.50. The number of rotatable bonds is 4. The van der Waals surface area contributed by atoms with Gasteiger partial charge in [0, 0.05) is 28.6 Å². The van der Waals surface area contributed by atoms with Gasteiger partial charge in [-0.2, -0.15) is 0 Å². The molecule has 122 valence electrons. The minimum atomic E-state index is -0.247. The molecule has 0 spiro atoms. The summed E-state index contributed by atoms with van der Waals surface area (Å²) in [5.74, 6) is 0.427. The Bertz CT molecular complexity index is 850. The number of amides is 2. The van der Waals surface area contributed by atoms with Crippen LogP contribution in [0.3, 0.4) is 0 Å². The minimum Gasteiger partial charge on any atom is -0.322 e. The molecule has 2 aliphatic rings. The van der Waals surface area contributed by atoms with Crippen LogP contribution in [0.15, 0.2) is 43.0 Å². The summed E-state index contributed by atoms with van der Waals surface area (Å²) in [5, 5.41) is 4.68. The molecule has 1 N–H and O–H groups in total. The zero-order valence-corrected chi connectivity index (χ0v) is 13.5. The van der Waals surface area contributed by atoms with Crippen molar-refractivity contribution in [1.82, 2.24) is 0 Å². The van der Waals surface area contributed by atoms with Gasteiger partial charge in [0.15, 0.2) is 0 Å². The van der Waals surface area contributed by atoms with Crippen molar-refractivity contribution in [2.24, 2.45) is 5.92 Å². The van der Waals surface area contributed by atoms with E-state index in [2.05, 4.69) is 11.9 Å². The highest BCUT2D eigenvalue weighted by Crippen LogP contribution is 2.41. The number of benzene rings is 2. The van der Waals surface area contributed by atoms with Crippen LogP contribution in [-0.4, -0.2) is 18.4 Å².